The summed E-state index contributed by atoms with van der Waals surface area (Å²) in [5, 5.41) is 0. The lowest BCUT2D eigenvalue weighted by molar-refractivity contribution is 0.0603. The smallest absolute Gasteiger partial charge is 0.342 e. The van der Waals surface area contributed by atoms with Gasteiger partial charge in [-0.3, -0.25) is 4.40 Å². The number of ether oxygens (including phenoxy) is 1. The maximum absolute atomic E-state index is 12.7. The molecule has 3 heterocycles. The second-order valence-electron chi connectivity index (χ2n) is 7.30. The minimum atomic E-state index is -0.269. The fraction of sp³-hybridized carbons (Fsp3) is 0.579. The fourth-order valence-corrected chi connectivity index (χ4v) is 4.61. The number of rotatable bonds is 3. The van der Waals surface area contributed by atoms with Gasteiger partial charge in [0, 0.05) is 32.2 Å². The van der Waals surface area contributed by atoms with E-state index in [1.165, 1.54) is 44.8 Å². The normalized spacial score (nSPS) is 17.8. The standard InChI is InChI=1S/C19H26N4O2/c1-21(2)18-14-9-10-22(13-7-5-4-6-8-13)17(14)16(19(24)25-3)15-11-20-12-23(15)18/h11-13H,4-10H2,1-3H3. The Morgan fingerprint density at radius 3 is 2.72 bits per heavy atom. The highest BCUT2D eigenvalue weighted by Crippen LogP contribution is 2.43. The molecular formula is C19H26N4O2. The van der Waals surface area contributed by atoms with Crippen LogP contribution < -0.4 is 9.80 Å². The van der Waals surface area contributed by atoms with Crippen LogP contribution in [0, 0.1) is 0 Å². The average Bonchev–Trinajstić information content (AvgIpc) is 3.26. The lowest BCUT2D eigenvalue weighted by atomic mass is 9.93. The van der Waals surface area contributed by atoms with Crippen LogP contribution in [0.1, 0.15) is 48.0 Å². The third-order valence-electron chi connectivity index (χ3n) is 5.63. The number of anilines is 2. The van der Waals surface area contributed by atoms with Gasteiger partial charge in [0.05, 0.1) is 24.5 Å². The molecule has 6 nitrogen and oxygen atoms in total. The van der Waals surface area contributed by atoms with Crippen LogP contribution in [0.2, 0.25) is 0 Å². The van der Waals surface area contributed by atoms with Crippen LogP contribution in [0.25, 0.3) is 5.52 Å². The molecule has 0 aromatic carbocycles. The van der Waals surface area contributed by atoms with Crippen LogP contribution in [0.15, 0.2) is 12.5 Å². The lowest BCUT2D eigenvalue weighted by Gasteiger charge is -2.34. The van der Waals surface area contributed by atoms with E-state index in [-0.39, 0.29) is 5.97 Å². The third kappa shape index (κ3) is 2.46. The van der Waals surface area contributed by atoms with Gasteiger partial charge in [0.15, 0.2) is 0 Å². The van der Waals surface area contributed by atoms with Crippen molar-refractivity contribution >= 4 is 23.0 Å². The maximum atomic E-state index is 12.7. The molecule has 0 unspecified atom stereocenters. The van der Waals surface area contributed by atoms with Crippen LogP contribution in [-0.2, 0) is 11.2 Å². The zero-order valence-corrected chi connectivity index (χ0v) is 15.3. The molecule has 0 radical (unpaired) electrons. The topological polar surface area (TPSA) is 50.1 Å². The van der Waals surface area contributed by atoms with E-state index < -0.39 is 0 Å². The number of carbonyl (C=O) groups is 1. The van der Waals surface area contributed by atoms with Gasteiger partial charge in [-0.15, -0.1) is 0 Å². The molecule has 1 aliphatic carbocycles. The summed E-state index contributed by atoms with van der Waals surface area (Å²) in [4.78, 5) is 21.6. The van der Waals surface area contributed by atoms with Gasteiger partial charge in [0.1, 0.15) is 17.7 Å². The Hall–Kier alpha value is -2.24. The summed E-state index contributed by atoms with van der Waals surface area (Å²) in [7, 11) is 5.56. The molecule has 1 fully saturated rings. The van der Waals surface area contributed by atoms with Crippen molar-refractivity contribution in [2.45, 2.75) is 44.6 Å². The number of esters is 1. The van der Waals surface area contributed by atoms with Gasteiger partial charge < -0.3 is 14.5 Å². The van der Waals surface area contributed by atoms with E-state index in [4.69, 9.17) is 4.74 Å². The van der Waals surface area contributed by atoms with Crippen LogP contribution in [-0.4, -0.2) is 49.1 Å². The summed E-state index contributed by atoms with van der Waals surface area (Å²) in [6.45, 7) is 0.978. The molecular weight excluding hydrogens is 316 g/mol. The molecule has 6 heteroatoms. The van der Waals surface area contributed by atoms with E-state index >= 15 is 0 Å². The summed E-state index contributed by atoms with van der Waals surface area (Å²) in [6.07, 6.45) is 10.8. The van der Waals surface area contributed by atoms with Crippen LogP contribution in [0.3, 0.4) is 0 Å². The van der Waals surface area contributed by atoms with Gasteiger partial charge in [-0.25, -0.2) is 9.78 Å². The number of pyridine rings is 1. The Balaban J connectivity index is 1.96. The highest BCUT2D eigenvalue weighted by Gasteiger charge is 2.36. The Bertz CT molecular complexity index is 805. The summed E-state index contributed by atoms with van der Waals surface area (Å²) in [5.41, 5.74) is 3.82. The van der Waals surface area contributed by atoms with Crippen LogP contribution in [0.5, 0.6) is 0 Å². The predicted molar refractivity (Wildman–Crippen MR) is 98.8 cm³/mol. The first-order valence-electron chi connectivity index (χ1n) is 9.16. The summed E-state index contributed by atoms with van der Waals surface area (Å²) in [6, 6.07) is 0.527. The molecule has 1 saturated carbocycles. The van der Waals surface area contributed by atoms with E-state index in [1.54, 1.807) is 12.5 Å². The molecule has 2 aromatic heterocycles. The van der Waals surface area contributed by atoms with Gasteiger partial charge in [-0.1, -0.05) is 19.3 Å². The minimum Gasteiger partial charge on any atom is -0.465 e. The molecule has 0 atom stereocenters. The molecule has 0 saturated heterocycles. The third-order valence-corrected chi connectivity index (χ3v) is 5.63. The van der Waals surface area contributed by atoms with Crippen molar-refractivity contribution in [2.75, 3.05) is 37.5 Å². The number of methoxy groups -OCH3 is 1. The number of imidazole rings is 1. The van der Waals surface area contributed by atoms with Crippen molar-refractivity contribution in [2.24, 2.45) is 0 Å². The quantitative estimate of drug-likeness (QED) is 0.803. The van der Waals surface area contributed by atoms with E-state index in [0.717, 1.165) is 30.0 Å². The van der Waals surface area contributed by atoms with Crippen LogP contribution >= 0.6 is 0 Å². The van der Waals surface area contributed by atoms with Gasteiger partial charge in [-0.05, 0) is 19.3 Å². The first-order chi connectivity index (χ1) is 12.1. The van der Waals surface area contributed by atoms with Gasteiger partial charge in [0.2, 0.25) is 0 Å². The monoisotopic (exact) mass is 342 g/mol. The number of hydrogen-bond donors (Lipinski definition) is 0. The molecule has 25 heavy (non-hydrogen) atoms. The number of nitrogens with zero attached hydrogens (tertiary/aromatic N) is 4. The van der Waals surface area contributed by atoms with E-state index in [1.807, 2.05) is 4.40 Å². The molecule has 134 valence electrons. The van der Waals surface area contributed by atoms with Crippen molar-refractivity contribution in [1.82, 2.24) is 9.38 Å². The summed E-state index contributed by atoms with van der Waals surface area (Å²) < 4.78 is 7.18. The van der Waals surface area contributed by atoms with E-state index in [9.17, 15) is 4.79 Å². The second kappa shape index (κ2) is 6.24. The SMILES string of the molecule is COC(=O)c1c2c(c(N(C)C)n3cncc13)CCN2C1CCCCC1. The first kappa shape index (κ1) is 16.2. The van der Waals surface area contributed by atoms with Gasteiger partial charge >= 0.3 is 5.97 Å². The first-order valence-corrected chi connectivity index (χ1v) is 9.16. The average molecular weight is 342 g/mol. The zero-order chi connectivity index (χ0) is 17.6. The zero-order valence-electron chi connectivity index (χ0n) is 15.3. The number of carbonyl (C=O) groups excluding carboxylic acids is 1. The molecule has 4 rings (SSSR count). The molecule has 1 aliphatic heterocycles. The number of fused-ring (bicyclic) bond motifs is 2. The Morgan fingerprint density at radius 1 is 1.28 bits per heavy atom. The van der Waals surface area contributed by atoms with Gasteiger partial charge in [-0.2, -0.15) is 0 Å². The Labute approximate surface area is 148 Å². The van der Waals surface area contributed by atoms with Crippen molar-refractivity contribution in [1.29, 1.82) is 0 Å². The van der Waals surface area contributed by atoms with Gasteiger partial charge in [0.25, 0.3) is 0 Å². The number of hydrogen-bond acceptors (Lipinski definition) is 5. The second-order valence-corrected chi connectivity index (χ2v) is 7.30. The van der Waals surface area contributed by atoms with E-state index in [0.29, 0.717) is 11.6 Å². The molecule has 2 aliphatic rings. The fourth-order valence-electron chi connectivity index (χ4n) is 4.61. The lowest BCUT2D eigenvalue weighted by Crippen LogP contribution is -2.36. The Morgan fingerprint density at radius 2 is 2.04 bits per heavy atom. The molecule has 0 N–H and O–H groups in total. The van der Waals surface area contributed by atoms with Crippen LogP contribution in [0.4, 0.5) is 11.5 Å². The molecule has 0 spiro atoms. The van der Waals surface area contributed by atoms with Crippen molar-refractivity contribution in [3.8, 4) is 0 Å². The molecule has 0 amide bonds. The summed E-state index contributed by atoms with van der Waals surface area (Å²) >= 11 is 0. The minimum absolute atomic E-state index is 0.269. The largest absolute Gasteiger partial charge is 0.465 e. The molecule has 0 bridgehead atoms. The summed E-state index contributed by atoms with van der Waals surface area (Å²) in [5.74, 6) is 0.850. The van der Waals surface area contributed by atoms with Crippen molar-refractivity contribution in [3.05, 3.63) is 23.7 Å². The predicted octanol–water partition coefficient (Wildman–Crippen LogP) is 2.88. The number of aromatic nitrogens is 2. The van der Waals surface area contributed by atoms with E-state index in [2.05, 4.69) is 28.9 Å². The van der Waals surface area contributed by atoms with Crippen molar-refractivity contribution < 1.29 is 9.53 Å². The Kier molecular flexibility index (Phi) is 4.06. The highest BCUT2D eigenvalue weighted by atomic mass is 16.5. The highest BCUT2D eigenvalue weighted by molar-refractivity contribution is 6.05. The van der Waals surface area contributed by atoms with Crippen molar-refractivity contribution in [3.63, 3.8) is 0 Å². The maximum Gasteiger partial charge on any atom is 0.342 e. The molecule has 2 aromatic rings.